The molecule has 0 aliphatic carbocycles. The first-order chi connectivity index (χ1) is 30.6. The monoisotopic (exact) mass is 857 g/mol. The Hall–Kier alpha value is -3.70. The van der Waals surface area contributed by atoms with Crippen molar-refractivity contribution in [2.24, 2.45) is 0 Å². The smallest absolute Gasteiger partial charge is 0.306 e. The Morgan fingerprint density at radius 1 is 0.371 bits per heavy atom. The third-order valence-corrected chi connectivity index (χ3v) is 9.98. The van der Waals surface area contributed by atoms with Gasteiger partial charge in [0.15, 0.2) is 6.10 Å². The maximum Gasteiger partial charge on any atom is 0.306 e. The Bertz CT molecular complexity index is 1290. The minimum absolute atomic E-state index is 0.0282. The van der Waals surface area contributed by atoms with Crippen LogP contribution in [-0.4, -0.2) is 37.9 Å². The summed E-state index contributed by atoms with van der Waals surface area (Å²) in [6.45, 7) is 7.44. The van der Waals surface area contributed by atoms with Gasteiger partial charge in [-0.15, -0.1) is 0 Å². The Kier molecular flexibility index (Phi) is 48.6. The first kappa shape index (κ1) is 58.3. The van der Waals surface area contributed by atoms with Crippen LogP contribution in [0.4, 0.5) is 0 Å². The van der Waals surface area contributed by atoms with Crippen molar-refractivity contribution in [3.8, 4) is 0 Å². The molecule has 5 heteroatoms. The van der Waals surface area contributed by atoms with Gasteiger partial charge >= 0.3 is 11.9 Å². The third kappa shape index (κ3) is 49.0. The molecule has 0 aliphatic rings. The van der Waals surface area contributed by atoms with Gasteiger partial charge in [0, 0.05) is 19.4 Å². The fourth-order valence-corrected chi connectivity index (χ4v) is 6.29. The summed E-state index contributed by atoms with van der Waals surface area (Å²) < 4.78 is 17.3. The minimum atomic E-state index is -0.586. The Balaban J connectivity index is 4.43. The Morgan fingerprint density at radius 3 is 1.24 bits per heavy atom. The van der Waals surface area contributed by atoms with Gasteiger partial charge in [-0.05, 0) is 109 Å². The van der Waals surface area contributed by atoms with Gasteiger partial charge in [0.1, 0.15) is 6.61 Å². The van der Waals surface area contributed by atoms with Gasteiger partial charge in [-0.2, -0.15) is 0 Å². The average Bonchev–Trinajstić information content (AvgIpc) is 3.27. The second-order valence-corrected chi connectivity index (χ2v) is 15.9. The minimum Gasteiger partial charge on any atom is -0.462 e. The number of unbranched alkanes of at least 4 members (excludes halogenated alkanes) is 13. The lowest BCUT2D eigenvalue weighted by molar-refractivity contribution is -0.162. The molecule has 0 amide bonds. The van der Waals surface area contributed by atoms with Crippen molar-refractivity contribution in [2.45, 2.75) is 207 Å². The molecule has 0 spiro atoms. The molecule has 350 valence electrons. The van der Waals surface area contributed by atoms with Crippen LogP contribution >= 0.6 is 0 Å². The highest BCUT2D eigenvalue weighted by atomic mass is 16.6. The molecule has 0 aromatic carbocycles. The lowest BCUT2D eigenvalue weighted by atomic mass is 10.1. The van der Waals surface area contributed by atoms with Crippen LogP contribution in [-0.2, 0) is 23.8 Å². The SMILES string of the molecule is CC/C=C\C/C=C\C/C=C\C/C=C\C/C=C\C/C=C\CCC(=O)OCC(COCCCCCCCC/C=C\CCCC)OC(=O)CCCCCCC/C=C\C/C=C\C/C=C\CC. The van der Waals surface area contributed by atoms with Crippen LogP contribution in [0.2, 0.25) is 0 Å². The highest BCUT2D eigenvalue weighted by Crippen LogP contribution is 2.12. The molecule has 0 radical (unpaired) electrons. The molecule has 0 saturated heterocycles. The number of hydrogen-bond donors (Lipinski definition) is 0. The second kappa shape index (κ2) is 51.6. The quantitative estimate of drug-likeness (QED) is 0.0347. The fourth-order valence-electron chi connectivity index (χ4n) is 6.29. The van der Waals surface area contributed by atoms with E-state index in [0.717, 1.165) is 96.3 Å². The van der Waals surface area contributed by atoms with Gasteiger partial charge in [-0.25, -0.2) is 0 Å². The summed E-state index contributed by atoms with van der Waals surface area (Å²) in [5.74, 6) is -0.526. The Morgan fingerprint density at radius 2 is 0.758 bits per heavy atom. The summed E-state index contributed by atoms with van der Waals surface area (Å²) in [5, 5.41) is 0. The van der Waals surface area contributed by atoms with Crippen LogP contribution in [0.5, 0.6) is 0 Å². The van der Waals surface area contributed by atoms with Gasteiger partial charge < -0.3 is 14.2 Å². The van der Waals surface area contributed by atoms with Crippen LogP contribution in [0, 0.1) is 0 Å². The van der Waals surface area contributed by atoms with Crippen molar-refractivity contribution >= 4 is 11.9 Å². The lowest BCUT2D eigenvalue weighted by Gasteiger charge is -2.18. The number of allylic oxidation sites excluding steroid dienone is 20. The molecule has 0 fully saturated rings. The van der Waals surface area contributed by atoms with Crippen molar-refractivity contribution < 1.29 is 23.8 Å². The molecular weight excluding hydrogens is 765 g/mol. The van der Waals surface area contributed by atoms with Gasteiger partial charge in [-0.1, -0.05) is 200 Å². The summed E-state index contributed by atoms with van der Waals surface area (Å²) in [6.07, 6.45) is 72.1. The highest BCUT2D eigenvalue weighted by molar-refractivity contribution is 5.70. The molecule has 0 heterocycles. The standard InChI is InChI=1S/C57H92O5/c1-4-7-10-13-16-19-22-25-27-28-29-30-32-33-35-38-41-44-47-50-56(58)61-54-55(53-60-52-49-46-43-40-37-24-21-18-15-12-9-6-3)62-57(59)51-48-45-42-39-36-34-31-26-23-20-17-14-11-8-5-2/h7-8,10-11,15-20,25-27,29-31,33,35,41,44,55H,4-6,9,12-14,21-24,28,32,34,36-40,42-43,45-54H2,1-3H3/b10-7-,11-8-,18-15-,19-16-,20-17-,27-25-,30-29-,31-26-,35-33-,44-41-. The van der Waals surface area contributed by atoms with E-state index in [0.29, 0.717) is 25.9 Å². The largest absolute Gasteiger partial charge is 0.462 e. The zero-order chi connectivity index (χ0) is 44.9. The number of carbonyl (C=O) groups is 2. The molecular formula is C57H92O5. The molecule has 1 atom stereocenters. The van der Waals surface area contributed by atoms with Gasteiger partial charge in [0.05, 0.1) is 6.61 Å². The van der Waals surface area contributed by atoms with Gasteiger partial charge in [0.2, 0.25) is 0 Å². The lowest BCUT2D eigenvalue weighted by Crippen LogP contribution is -2.30. The molecule has 0 N–H and O–H groups in total. The van der Waals surface area contributed by atoms with E-state index in [1.165, 1.54) is 64.2 Å². The molecule has 0 saturated carbocycles. The van der Waals surface area contributed by atoms with Crippen molar-refractivity contribution in [1.29, 1.82) is 0 Å². The molecule has 0 aliphatic heterocycles. The Labute approximate surface area is 382 Å². The molecule has 1 unspecified atom stereocenters. The first-order valence-electron chi connectivity index (χ1n) is 25.1. The summed E-state index contributed by atoms with van der Waals surface area (Å²) in [7, 11) is 0. The maximum atomic E-state index is 12.8. The molecule has 5 nitrogen and oxygen atoms in total. The second-order valence-electron chi connectivity index (χ2n) is 15.9. The molecule has 0 aromatic heterocycles. The average molecular weight is 857 g/mol. The van der Waals surface area contributed by atoms with E-state index in [9.17, 15) is 9.59 Å². The summed E-state index contributed by atoms with van der Waals surface area (Å²) in [4.78, 5) is 25.3. The van der Waals surface area contributed by atoms with Crippen LogP contribution in [0.3, 0.4) is 0 Å². The number of carbonyl (C=O) groups excluding carboxylic acids is 2. The van der Waals surface area contributed by atoms with E-state index in [1.807, 2.05) is 6.08 Å². The van der Waals surface area contributed by atoms with E-state index in [1.54, 1.807) is 0 Å². The van der Waals surface area contributed by atoms with E-state index < -0.39 is 6.10 Å². The van der Waals surface area contributed by atoms with Crippen molar-refractivity contribution in [2.75, 3.05) is 19.8 Å². The van der Waals surface area contributed by atoms with E-state index in [-0.39, 0.29) is 25.2 Å². The zero-order valence-corrected chi connectivity index (χ0v) is 40.1. The molecule has 62 heavy (non-hydrogen) atoms. The first-order valence-corrected chi connectivity index (χ1v) is 25.1. The number of esters is 2. The third-order valence-electron chi connectivity index (χ3n) is 9.98. The number of ether oxygens (including phenoxy) is 3. The summed E-state index contributed by atoms with van der Waals surface area (Å²) >= 11 is 0. The zero-order valence-electron chi connectivity index (χ0n) is 40.1. The van der Waals surface area contributed by atoms with Crippen LogP contribution < -0.4 is 0 Å². The number of rotatable bonds is 44. The predicted octanol–water partition coefficient (Wildman–Crippen LogP) is 17.0. The maximum absolute atomic E-state index is 12.8. The number of hydrogen-bond acceptors (Lipinski definition) is 5. The molecule has 0 rings (SSSR count). The van der Waals surface area contributed by atoms with E-state index >= 15 is 0 Å². The highest BCUT2D eigenvalue weighted by Gasteiger charge is 2.17. The van der Waals surface area contributed by atoms with Crippen LogP contribution in [0.15, 0.2) is 122 Å². The molecule has 0 bridgehead atoms. The van der Waals surface area contributed by atoms with E-state index in [2.05, 4.69) is 136 Å². The van der Waals surface area contributed by atoms with Crippen molar-refractivity contribution in [1.82, 2.24) is 0 Å². The topological polar surface area (TPSA) is 61.8 Å². The fraction of sp³-hybridized carbons (Fsp3) is 0.614. The summed E-state index contributed by atoms with van der Waals surface area (Å²) in [5.41, 5.74) is 0. The van der Waals surface area contributed by atoms with Gasteiger partial charge in [0.25, 0.3) is 0 Å². The summed E-state index contributed by atoms with van der Waals surface area (Å²) in [6, 6.07) is 0. The molecule has 0 aromatic rings. The van der Waals surface area contributed by atoms with Gasteiger partial charge in [-0.3, -0.25) is 9.59 Å². The van der Waals surface area contributed by atoms with Crippen LogP contribution in [0.25, 0.3) is 0 Å². The normalized spacial score (nSPS) is 13.3. The van der Waals surface area contributed by atoms with Crippen molar-refractivity contribution in [3.05, 3.63) is 122 Å². The predicted molar refractivity (Wildman–Crippen MR) is 269 cm³/mol. The van der Waals surface area contributed by atoms with Crippen LogP contribution in [0.1, 0.15) is 201 Å². The van der Waals surface area contributed by atoms with Crippen molar-refractivity contribution in [3.63, 3.8) is 0 Å². The van der Waals surface area contributed by atoms with E-state index in [4.69, 9.17) is 14.2 Å².